The highest BCUT2D eigenvalue weighted by Gasteiger charge is 2.40. The molecule has 0 bridgehead atoms. The van der Waals surface area contributed by atoms with E-state index in [2.05, 4.69) is 48.0 Å². The van der Waals surface area contributed by atoms with Crippen LogP contribution in [0.2, 0.25) is 0 Å². The van der Waals surface area contributed by atoms with Crippen molar-refractivity contribution in [3.63, 3.8) is 0 Å². The predicted molar refractivity (Wildman–Crippen MR) is 63.3 cm³/mol. The predicted octanol–water partition coefficient (Wildman–Crippen LogP) is 3.52. The third-order valence-electron chi connectivity index (χ3n) is 2.99. The highest BCUT2D eigenvalue weighted by molar-refractivity contribution is 9.10. The molecular weight excluding hydrogens is 238 g/mol. The molecule has 1 fully saturated rings. The lowest BCUT2D eigenvalue weighted by atomic mass is 9.98. The second kappa shape index (κ2) is 3.35. The number of halogens is 1. The van der Waals surface area contributed by atoms with Crippen LogP contribution in [0, 0.1) is 0 Å². The van der Waals surface area contributed by atoms with Gasteiger partial charge in [-0.3, -0.25) is 0 Å². The van der Waals surface area contributed by atoms with Gasteiger partial charge in [-0.25, -0.2) is 0 Å². The Kier molecular flexibility index (Phi) is 2.44. The fraction of sp³-hybridized carbons (Fsp3) is 0.500. The third-order valence-corrected chi connectivity index (χ3v) is 3.67. The molecular formula is C12H16BrN. The van der Waals surface area contributed by atoms with Gasteiger partial charge in [0.25, 0.3) is 0 Å². The number of hydrogen-bond acceptors (Lipinski definition) is 1. The van der Waals surface area contributed by atoms with Crippen LogP contribution in [0.25, 0.3) is 0 Å². The molecule has 2 heteroatoms. The minimum Gasteiger partial charge on any atom is -0.321 e. The summed E-state index contributed by atoms with van der Waals surface area (Å²) in [6.07, 6.45) is 2.25. The maximum Gasteiger partial charge on any atom is 0.0411 e. The standard InChI is InChI=1S/C12H16BrN/c1-8(2)10-4-3-9(7-11(10)13)12(14)5-6-12/h3-4,7-8H,5-6,14H2,1-2H3. The Morgan fingerprint density at radius 1 is 1.36 bits per heavy atom. The van der Waals surface area contributed by atoms with Crippen LogP contribution in [-0.4, -0.2) is 0 Å². The second-order valence-electron chi connectivity index (χ2n) is 4.55. The molecule has 1 nitrogen and oxygen atoms in total. The van der Waals surface area contributed by atoms with E-state index in [1.54, 1.807) is 0 Å². The summed E-state index contributed by atoms with van der Waals surface area (Å²) in [5, 5.41) is 0. The average molecular weight is 254 g/mol. The maximum atomic E-state index is 6.14. The molecule has 1 aliphatic rings. The molecule has 1 saturated carbocycles. The van der Waals surface area contributed by atoms with Crippen LogP contribution in [0.5, 0.6) is 0 Å². The fourth-order valence-corrected chi connectivity index (χ4v) is 2.57. The van der Waals surface area contributed by atoms with Crippen molar-refractivity contribution in [3.05, 3.63) is 33.8 Å². The zero-order valence-electron chi connectivity index (χ0n) is 8.68. The van der Waals surface area contributed by atoms with E-state index in [1.165, 1.54) is 15.6 Å². The van der Waals surface area contributed by atoms with Gasteiger partial charge in [0.2, 0.25) is 0 Å². The van der Waals surface area contributed by atoms with Crippen molar-refractivity contribution >= 4 is 15.9 Å². The van der Waals surface area contributed by atoms with Crippen molar-refractivity contribution in [2.75, 3.05) is 0 Å². The molecule has 2 rings (SSSR count). The van der Waals surface area contributed by atoms with Crippen LogP contribution >= 0.6 is 15.9 Å². The second-order valence-corrected chi connectivity index (χ2v) is 5.40. The molecule has 1 aromatic rings. The SMILES string of the molecule is CC(C)c1ccc(C2(N)CC2)cc1Br. The van der Waals surface area contributed by atoms with E-state index in [1.807, 2.05) is 0 Å². The number of benzene rings is 1. The molecule has 0 aliphatic heterocycles. The molecule has 0 aromatic heterocycles. The van der Waals surface area contributed by atoms with Gasteiger partial charge in [0.05, 0.1) is 0 Å². The molecule has 1 aromatic carbocycles. The van der Waals surface area contributed by atoms with E-state index >= 15 is 0 Å². The molecule has 1 aliphatic carbocycles. The van der Waals surface area contributed by atoms with Crippen molar-refractivity contribution in [3.8, 4) is 0 Å². The summed E-state index contributed by atoms with van der Waals surface area (Å²) in [6, 6.07) is 6.55. The Balaban J connectivity index is 2.36. The Morgan fingerprint density at radius 2 is 2.00 bits per heavy atom. The van der Waals surface area contributed by atoms with Crippen molar-refractivity contribution < 1.29 is 0 Å². The molecule has 14 heavy (non-hydrogen) atoms. The summed E-state index contributed by atoms with van der Waals surface area (Å²) in [4.78, 5) is 0. The monoisotopic (exact) mass is 253 g/mol. The van der Waals surface area contributed by atoms with E-state index < -0.39 is 0 Å². The summed E-state index contributed by atoms with van der Waals surface area (Å²) in [5.74, 6) is 0.561. The van der Waals surface area contributed by atoms with Gasteiger partial charge in [0.1, 0.15) is 0 Å². The molecule has 0 unspecified atom stereocenters. The Bertz CT molecular complexity index is 353. The Hall–Kier alpha value is -0.340. The number of nitrogens with two attached hydrogens (primary N) is 1. The fourth-order valence-electron chi connectivity index (χ4n) is 1.73. The van der Waals surface area contributed by atoms with Crippen LogP contribution in [0.3, 0.4) is 0 Å². The first-order chi connectivity index (χ1) is 6.53. The summed E-state index contributed by atoms with van der Waals surface area (Å²) >= 11 is 3.61. The molecule has 0 atom stereocenters. The Morgan fingerprint density at radius 3 is 2.43 bits per heavy atom. The summed E-state index contributed by atoms with van der Waals surface area (Å²) in [5.41, 5.74) is 8.76. The van der Waals surface area contributed by atoms with Crippen molar-refractivity contribution in [1.29, 1.82) is 0 Å². The van der Waals surface area contributed by atoms with Crippen molar-refractivity contribution in [2.24, 2.45) is 5.73 Å². The minimum atomic E-state index is -0.0158. The number of hydrogen-bond donors (Lipinski definition) is 1. The van der Waals surface area contributed by atoms with Gasteiger partial charge < -0.3 is 5.73 Å². The first-order valence-electron chi connectivity index (χ1n) is 5.12. The average Bonchev–Trinajstić information content (AvgIpc) is 2.84. The van der Waals surface area contributed by atoms with Gasteiger partial charge >= 0.3 is 0 Å². The lowest BCUT2D eigenvalue weighted by molar-refractivity contribution is 0.736. The van der Waals surface area contributed by atoms with Gasteiger partial charge in [-0.05, 0) is 36.0 Å². The first-order valence-corrected chi connectivity index (χ1v) is 5.91. The quantitative estimate of drug-likeness (QED) is 0.858. The van der Waals surface area contributed by atoms with Crippen molar-refractivity contribution in [2.45, 2.75) is 38.1 Å². The lowest BCUT2D eigenvalue weighted by Gasteiger charge is -2.13. The van der Waals surface area contributed by atoms with Crippen LogP contribution in [0.4, 0.5) is 0 Å². The van der Waals surface area contributed by atoms with Crippen LogP contribution in [0.1, 0.15) is 43.7 Å². The first kappa shape index (κ1) is 10.2. The zero-order valence-corrected chi connectivity index (χ0v) is 10.3. The topological polar surface area (TPSA) is 26.0 Å². The largest absolute Gasteiger partial charge is 0.321 e. The molecule has 76 valence electrons. The van der Waals surface area contributed by atoms with Gasteiger partial charge in [0.15, 0.2) is 0 Å². The van der Waals surface area contributed by atoms with Gasteiger partial charge in [-0.2, -0.15) is 0 Å². The van der Waals surface area contributed by atoms with Gasteiger partial charge in [-0.1, -0.05) is 41.9 Å². The van der Waals surface area contributed by atoms with Gasteiger partial charge in [0, 0.05) is 10.0 Å². The molecule has 2 N–H and O–H groups in total. The minimum absolute atomic E-state index is 0.0158. The normalized spacial score (nSPS) is 18.6. The van der Waals surface area contributed by atoms with E-state index in [9.17, 15) is 0 Å². The Labute approximate surface area is 93.8 Å². The summed E-state index contributed by atoms with van der Waals surface area (Å²) in [6.45, 7) is 4.41. The number of rotatable bonds is 2. The molecule has 0 amide bonds. The maximum absolute atomic E-state index is 6.14. The van der Waals surface area contributed by atoms with Gasteiger partial charge in [-0.15, -0.1) is 0 Å². The lowest BCUT2D eigenvalue weighted by Crippen LogP contribution is -2.18. The third kappa shape index (κ3) is 1.73. The van der Waals surface area contributed by atoms with E-state index in [0.29, 0.717) is 5.92 Å². The van der Waals surface area contributed by atoms with E-state index in [0.717, 1.165) is 12.8 Å². The van der Waals surface area contributed by atoms with E-state index in [-0.39, 0.29) is 5.54 Å². The van der Waals surface area contributed by atoms with Crippen molar-refractivity contribution in [1.82, 2.24) is 0 Å². The molecule has 0 heterocycles. The molecule has 0 saturated heterocycles. The zero-order chi connectivity index (χ0) is 10.3. The summed E-state index contributed by atoms with van der Waals surface area (Å²) < 4.78 is 1.20. The smallest absolute Gasteiger partial charge is 0.0411 e. The highest BCUT2D eigenvalue weighted by atomic mass is 79.9. The molecule has 0 spiro atoms. The van der Waals surface area contributed by atoms with Crippen LogP contribution in [0.15, 0.2) is 22.7 Å². The molecule has 0 radical (unpaired) electrons. The summed E-state index contributed by atoms with van der Waals surface area (Å²) in [7, 11) is 0. The highest BCUT2D eigenvalue weighted by Crippen LogP contribution is 2.44. The van der Waals surface area contributed by atoms with E-state index in [4.69, 9.17) is 5.73 Å². The van der Waals surface area contributed by atoms with Crippen LogP contribution in [-0.2, 0) is 5.54 Å². The van der Waals surface area contributed by atoms with Crippen LogP contribution < -0.4 is 5.73 Å².